The second-order valence-corrected chi connectivity index (χ2v) is 7.45. The molecule has 0 radical (unpaired) electrons. The normalized spacial score (nSPS) is 11.6. The van der Waals surface area contributed by atoms with Crippen LogP contribution < -0.4 is 10.5 Å². The van der Waals surface area contributed by atoms with E-state index in [2.05, 4.69) is 20.7 Å². The van der Waals surface area contributed by atoms with Crippen molar-refractivity contribution in [3.63, 3.8) is 0 Å². The van der Waals surface area contributed by atoms with Crippen molar-refractivity contribution in [3.8, 4) is 0 Å². The van der Waals surface area contributed by atoms with Crippen LogP contribution in [0.5, 0.6) is 0 Å². The van der Waals surface area contributed by atoms with Gasteiger partial charge in [-0.3, -0.25) is 4.72 Å². The van der Waals surface area contributed by atoms with Crippen LogP contribution in [0.1, 0.15) is 19.4 Å². The van der Waals surface area contributed by atoms with E-state index in [1.54, 1.807) is 18.2 Å². The molecule has 0 atom stereocenters. The molecular weight excluding hydrogens is 336 g/mol. The molecule has 7 heteroatoms. The molecule has 0 amide bonds. The summed E-state index contributed by atoms with van der Waals surface area (Å²) in [4.78, 5) is 0.157. The molecule has 0 spiro atoms. The van der Waals surface area contributed by atoms with Gasteiger partial charge in [0, 0.05) is 10.0 Å². The quantitative estimate of drug-likeness (QED) is 0.800. The van der Waals surface area contributed by atoms with Crippen LogP contribution in [0.2, 0.25) is 0 Å². The van der Waals surface area contributed by atoms with Crippen LogP contribution >= 0.6 is 28.1 Å². The number of sulfonamides is 1. The van der Waals surface area contributed by atoms with E-state index >= 15 is 0 Å². The van der Waals surface area contributed by atoms with Gasteiger partial charge < -0.3 is 5.73 Å². The summed E-state index contributed by atoms with van der Waals surface area (Å²) in [5.74, 6) is 0.0963. The Kier molecular flexibility index (Phi) is 5.12. The van der Waals surface area contributed by atoms with E-state index in [1.165, 1.54) is 0 Å². The largest absolute Gasteiger partial charge is 0.389 e. The molecule has 1 aromatic carbocycles. The van der Waals surface area contributed by atoms with Crippen LogP contribution in [0.4, 0.5) is 5.69 Å². The van der Waals surface area contributed by atoms with Crippen LogP contribution in [0.25, 0.3) is 0 Å². The number of anilines is 1. The van der Waals surface area contributed by atoms with E-state index < -0.39 is 10.0 Å². The van der Waals surface area contributed by atoms with Gasteiger partial charge in [0.25, 0.3) is 0 Å². The highest BCUT2D eigenvalue weighted by molar-refractivity contribution is 9.10. The zero-order valence-corrected chi connectivity index (χ0v) is 13.3. The number of hydrogen-bond donors (Lipinski definition) is 2. The molecule has 0 bridgehead atoms. The first-order valence-corrected chi connectivity index (χ1v) is 8.16. The number of thiocarbonyl (C=S) groups is 1. The Hall–Kier alpha value is -0.660. The third-order valence-corrected chi connectivity index (χ3v) is 4.41. The number of nitrogens with two attached hydrogens (primary N) is 1. The predicted octanol–water partition coefficient (Wildman–Crippen LogP) is 2.48. The summed E-state index contributed by atoms with van der Waals surface area (Å²) in [7, 11) is -3.39. The van der Waals surface area contributed by atoms with Crippen molar-refractivity contribution in [1.82, 2.24) is 0 Å². The van der Waals surface area contributed by atoms with Gasteiger partial charge in [0.05, 0.1) is 11.4 Å². The first-order chi connectivity index (χ1) is 8.21. The van der Waals surface area contributed by atoms with E-state index in [1.807, 2.05) is 13.8 Å². The number of hydrogen-bond acceptors (Lipinski definition) is 3. The topological polar surface area (TPSA) is 72.2 Å². The van der Waals surface area contributed by atoms with Crippen LogP contribution in [-0.4, -0.2) is 19.2 Å². The monoisotopic (exact) mass is 350 g/mol. The number of nitrogens with one attached hydrogen (secondary N) is 1. The third-order valence-electron chi connectivity index (χ3n) is 2.07. The zero-order chi connectivity index (χ0) is 13.9. The third kappa shape index (κ3) is 4.55. The van der Waals surface area contributed by atoms with Crippen molar-refractivity contribution in [2.45, 2.75) is 13.8 Å². The van der Waals surface area contributed by atoms with Crippen molar-refractivity contribution in [3.05, 3.63) is 28.2 Å². The van der Waals surface area contributed by atoms with Gasteiger partial charge in [0.15, 0.2) is 0 Å². The van der Waals surface area contributed by atoms with Gasteiger partial charge in [-0.15, -0.1) is 0 Å². The summed E-state index contributed by atoms with van der Waals surface area (Å²) in [6, 6.07) is 5.08. The first kappa shape index (κ1) is 15.4. The molecule has 1 aromatic rings. The van der Waals surface area contributed by atoms with E-state index in [-0.39, 0.29) is 16.7 Å². The van der Waals surface area contributed by atoms with Gasteiger partial charge in [-0.25, -0.2) is 8.42 Å². The lowest BCUT2D eigenvalue weighted by Crippen LogP contribution is -2.22. The lowest BCUT2D eigenvalue weighted by atomic mass is 10.2. The maximum atomic E-state index is 11.9. The average Bonchev–Trinajstić information content (AvgIpc) is 2.13. The van der Waals surface area contributed by atoms with Crippen molar-refractivity contribution >= 4 is 48.8 Å². The summed E-state index contributed by atoms with van der Waals surface area (Å²) in [5, 5.41) is 0. The van der Waals surface area contributed by atoms with Crippen molar-refractivity contribution in [2.24, 2.45) is 11.7 Å². The van der Waals surface area contributed by atoms with Gasteiger partial charge in [-0.1, -0.05) is 42.0 Å². The lowest BCUT2D eigenvalue weighted by molar-refractivity contribution is 0.587. The summed E-state index contributed by atoms with van der Waals surface area (Å²) >= 11 is 8.18. The van der Waals surface area contributed by atoms with E-state index in [9.17, 15) is 8.42 Å². The Morgan fingerprint density at radius 3 is 2.61 bits per heavy atom. The lowest BCUT2D eigenvalue weighted by Gasteiger charge is -2.13. The highest BCUT2D eigenvalue weighted by atomic mass is 79.9. The minimum Gasteiger partial charge on any atom is -0.389 e. The molecule has 0 heterocycles. The fraction of sp³-hybridized carbons (Fsp3) is 0.364. The Labute approximate surface area is 121 Å². The number of rotatable bonds is 5. The minimum atomic E-state index is -3.39. The van der Waals surface area contributed by atoms with E-state index in [0.29, 0.717) is 11.3 Å². The van der Waals surface area contributed by atoms with Gasteiger partial charge >= 0.3 is 0 Å². The number of halogens is 1. The van der Waals surface area contributed by atoms with E-state index in [0.717, 1.165) is 4.47 Å². The minimum absolute atomic E-state index is 0.0444. The van der Waals surface area contributed by atoms with Crippen molar-refractivity contribution < 1.29 is 8.42 Å². The SMILES string of the molecule is CC(C)CS(=O)(=O)Nc1cc(Br)ccc1C(N)=S. The predicted molar refractivity (Wildman–Crippen MR) is 82.3 cm³/mol. The number of benzene rings is 1. The molecule has 0 aliphatic rings. The fourth-order valence-corrected chi connectivity index (χ4v) is 3.47. The standard InChI is InChI=1S/C11H15BrN2O2S2/c1-7(2)6-18(15,16)14-10-5-8(12)3-4-9(10)11(13)17/h3-5,7,14H,6H2,1-2H3,(H2,13,17). The van der Waals surface area contributed by atoms with E-state index in [4.69, 9.17) is 18.0 Å². The Morgan fingerprint density at radius 2 is 2.11 bits per heavy atom. The van der Waals surface area contributed by atoms with Gasteiger partial charge in [-0.05, 0) is 24.1 Å². The molecule has 4 nitrogen and oxygen atoms in total. The Bertz CT molecular complexity index is 556. The zero-order valence-electron chi connectivity index (χ0n) is 10.1. The molecule has 0 unspecified atom stereocenters. The smallest absolute Gasteiger partial charge is 0.232 e. The highest BCUT2D eigenvalue weighted by Crippen LogP contribution is 2.23. The van der Waals surface area contributed by atoms with Crippen LogP contribution in [0.15, 0.2) is 22.7 Å². The van der Waals surface area contributed by atoms with Crippen molar-refractivity contribution in [2.75, 3.05) is 10.5 Å². The molecule has 0 aliphatic carbocycles. The van der Waals surface area contributed by atoms with Crippen LogP contribution in [0, 0.1) is 5.92 Å². The fourth-order valence-electron chi connectivity index (χ4n) is 1.46. The molecular formula is C11H15BrN2O2S2. The second kappa shape index (κ2) is 5.99. The molecule has 3 N–H and O–H groups in total. The van der Waals surface area contributed by atoms with Gasteiger partial charge in [-0.2, -0.15) is 0 Å². The molecule has 1 rings (SSSR count). The van der Waals surface area contributed by atoms with Crippen LogP contribution in [-0.2, 0) is 10.0 Å². The summed E-state index contributed by atoms with van der Waals surface area (Å²) in [5.41, 5.74) is 6.48. The maximum Gasteiger partial charge on any atom is 0.232 e. The van der Waals surface area contributed by atoms with Gasteiger partial charge in [0.2, 0.25) is 10.0 Å². The molecule has 18 heavy (non-hydrogen) atoms. The Morgan fingerprint density at radius 1 is 1.50 bits per heavy atom. The van der Waals surface area contributed by atoms with Gasteiger partial charge in [0.1, 0.15) is 4.99 Å². The molecule has 100 valence electrons. The van der Waals surface area contributed by atoms with Crippen molar-refractivity contribution in [1.29, 1.82) is 0 Å². The summed E-state index contributed by atoms with van der Waals surface area (Å²) in [6.07, 6.45) is 0. The molecule has 0 saturated carbocycles. The second-order valence-electron chi connectivity index (χ2n) is 4.33. The molecule has 0 fully saturated rings. The molecule has 0 aromatic heterocycles. The average molecular weight is 351 g/mol. The summed E-state index contributed by atoms with van der Waals surface area (Å²) < 4.78 is 27.0. The van der Waals surface area contributed by atoms with Crippen LogP contribution in [0.3, 0.4) is 0 Å². The maximum absolute atomic E-state index is 11.9. The summed E-state index contributed by atoms with van der Waals surface area (Å²) in [6.45, 7) is 3.68. The Balaban J connectivity index is 3.10. The highest BCUT2D eigenvalue weighted by Gasteiger charge is 2.16. The molecule has 0 saturated heterocycles. The first-order valence-electron chi connectivity index (χ1n) is 5.31. The molecule has 0 aliphatic heterocycles.